The molecule has 2 rings (SSSR count). The summed E-state index contributed by atoms with van der Waals surface area (Å²) in [7, 11) is 0. The third-order valence-electron chi connectivity index (χ3n) is 2.76. The monoisotopic (exact) mass is 273 g/mol. The number of aryl methyl sites for hydroxylation is 1. The Morgan fingerprint density at radius 3 is 3.22 bits per heavy atom. The zero-order chi connectivity index (χ0) is 13.0. The van der Waals surface area contributed by atoms with E-state index in [1.807, 2.05) is 0 Å². The van der Waals surface area contributed by atoms with Gasteiger partial charge in [-0.25, -0.2) is 0 Å². The molecule has 18 heavy (non-hydrogen) atoms. The Balaban J connectivity index is 1.83. The molecule has 0 radical (unpaired) electrons. The summed E-state index contributed by atoms with van der Waals surface area (Å²) in [4.78, 5) is 13.6. The third kappa shape index (κ3) is 3.69. The highest BCUT2D eigenvalue weighted by atomic mass is 35.5. The summed E-state index contributed by atoms with van der Waals surface area (Å²) in [6.07, 6.45) is 2.95. The van der Waals surface area contributed by atoms with Gasteiger partial charge in [0.15, 0.2) is 0 Å². The maximum Gasteiger partial charge on any atom is 0.224 e. The van der Waals surface area contributed by atoms with Crippen LogP contribution >= 0.6 is 11.6 Å². The average Bonchev–Trinajstić information content (AvgIpc) is 2.63. The van der Waals surface area contributed by atoms with Gasteiger partial charge < -0.3 is 14.7 Å². The van der Waals surface area contributed by atoms with Gasteiger partial charge in [-0.05, 0) is 0 Å². The summed E-state index contributed by atoms with van der Waals surface area (Å²) in [6.45, 7) is 2.10. The van der Waals surface area contributed by atoms with Crippen molar-refractivity contribution in [2.75, 3.05) is 26.3 Å². The smallest absolute Gasteiger partial charge is 0.224 e. The van der Waals surface area contributed by atoms with Crippen molar-refractivity contribution in [2.45, 2.75) is 19.1 Å². The number of carbonyl (C=O) groups is 1. The molecule has 0 saturated carbocycles. The molecule has 1 aliphatic rings. The van der Waals surface area contributed by atoms with E-state index in [1.165, 1.54) is 6.20 Å². The quantitative estimate of drug-likeness (QED) is 0.851. The Bertz CT molecular complexity index is 410. The fraction of sp³-hybridized carbons (Fsp3) is 0.636. The first-order valence-corrected chi connectivity index (χ1v) is 6.24. The Labute approximate surface area is 110 Å². The minimum absolute atomic E-state index is 0.00817. The normalized spacial score (nSPS) is 20.8. The molecule has 0 aromatic carbocycles. The first-order valence-electron chi connectivity index (χ1n) is 5.86. The van der Waals surface area contributed by atoms with Crippen LogP contribution in [0.4, 0.5) is 0 Å². The van der Waals surface area contributed by atoms with Gasteiger partial charge in [-0.3, -0.25) is 9.48 Å². The molecule has 0 spiro atoms. The van der Waals surface area contributed by atoms with Crippen LogP contribution in [0, 0.1) is 0 Å². The number of aliphatic hydroxyl groups is 1. The number of β-amino-alcohol motifs (C(OH)–C–C–N with tert-alkyl or cyclic N) is 1. The first kappa shape index (κ1) is 13.3. The molecular weight excluding hydrogens is 258 g/mol. The molecule has 7 heteroatoms. The lowest BCUT2D eigenvalue weighted by molar-refractivity contribution is -0.132. The van der Waals surface area contributed by atoms with Gasteiger partial charge in [0.2, 0.25) is 5.91 Å². The third-order valence-corrected chi connectivity index (χ3v) is 2.95. The van der Waals surface area contributed by atoms with Crippen LogP contribution in [0.5, 0.6) is 0 Å². The molecule has 0 bridgehead atoms. The van der Waals surface area contributed by atoms with Crippen LogP contribution in [0.15, 0.2) is 12.4 Å². The van der Waals surface area contributed by atoms with E-state index in [1.54, 1.807) is 15.8 Å². The fourth-order valence-electron chi connectivity index (χ4n) is 1.85. The van der Waals surface area contributed by atoms with Crippen LogP contribution in [0.1, 0.15) is 6.42 Å². The molecule has 1 fully saturated rings. The molecule has 1 amide bonds. The molecule has 0 aliphatic carbocycles. The molecule has 1 aliphatic heterocycles. The van der Waals surface area contributed by atoms with Crippen molar-refractivity contribution in [1.82, 2.24) is 14.7 Å². The number of hydrogen-bond acceptors (Lipinski definition) is 4. The topological polar surface area (TPSA) is 67.6 Å². The van der Waals surface area contributed by atoms with Gasteiger partial charge in [0, 0.05) is 32.3 Å². The lowest BCUT2D eigenvalue weighted by atomic mass is 10.3. The zero-order valence-electron chi connectivity index (χ0n) is 9.96. The van der Waals surface area contributed by atoms with E-state index >= 15 is 0 Å². The second-order valence-electron chi connectivity index (χ2n) is 4.24. The average molecular weight is 274 g/mol. The first-order chi connectivity index (χ1) is 8.65. The number of rotatable bonds is 3. The number of halogens is 1. The van der Waals surface area contributed by atoms with E-state index in [0.29, 0.717) is 44.3 Å². The van der Waals surface area contributed by atoms with Crippen molar-refractivity contribution >= 4 is 17.5 Å². The summed E-state index contributed by atoms with van der Waals surface area (Å²) in [6, 6.07) is 0. The lowest BCUT2D eigenvalue weighted by Crippen LogP contribution is -2.38. The van der Waals surface area contributed by atoms with E-state index in [4.69, 9.17) is 16.3 Å². The van der Waals surface area contributed by atoms with Crippen molar-refractivity contribution in [2.24, 2.45) is 0 Å². The van der Waals surface area contributed by atoms with Gasteiger partial charge in [-0.2, -0.15) is 5.10 Å². The molecule has 6 nitrogen and oxygen atoms in total. The molecular formula is C11H16ClN3O3. The second kappa shape index (κ2) is 6.17. The number of nitrogens with zero attached hydrogens (tertiary/aromatic N) is 3. The Hall–Kier alpha value is -1.11. The number of hydrogen-bond donors (Lipinski definition) is 1. The minimum Gasteiger partial charge on any atom is -0.389 e. The van der Waals surface area contributed by atoms with Gasteiger partial charge in [0.05, 0.1) is 30.5 Å². The number of aliphatic hydroxyl groups excluding tert-OH is 1. The highest BCUT2D eigenvalue weighted by Crippen LogP contribution is 2.07. The maximum atomic E-state index is 12.0. The molecule has 100 valence electrons. The summed E-state index contributed by atoms with van der Waals surface area (Å²) in [5.74, 6) is -0.00817. The Morgan fingerprint density at radius 1 is 1.67 bits per heavy atom. The Morgan fingerprint density at radius 2 is 2.50 bits per heavy atom. The van der Waals surface area contributed by atoms with Crippen LogP contribution < -0.4 is 0 Å². The number of aromatic nitrogens is 2. The molecule has 1 unspecified atom stereocenters. The summed E-state index contributed by atoms with van der Waals surface area (Å²) in [5, 5.41) is 14.1. The van der Waals surface area contributed by atoms with Crippen LogP contribution in [0.2, 0.25) is 5.02 Å². The van der Waals surface area contributed by atoms with Crippen molar-refractivity contribution in [3.63, 3.8) is 0 Å². The fourth-order valence-corrected chi connectivity index (χ4v) is 2.00. The van der Waals surface area contributed by atoms with E-state index in [0.717, 1.165) is 0 Å². The van der Waals surface area contributed by atoms with Gasteiger partial charge in [0.25, 0.3) is 0 Å². The van der Waals surface area contributed by atoms with Crippen molar-refractivity contribution in [1.29, 1.82) is 0 Å². The second-order valence-corrected chi connectivity index (χ2v) is 4.68. The van der Waals surface area contributed by atoms with E-state index in [9.17, 15) is 9.90 Å². The van der Waals surface area contributed by atoms with E-state index in [-0.39, 0.29) is 5.91 Å². The highest BCUT2D eigenvalue weighted by Gasteiger charge is 2.20. The van der Waals surface area contributed by atoms with Crippen molar-refractivity contribution < 1.29 is 14.6 Å². The minimum atomic E-state index is -0.601. The highest BCUT2D eigenvalue weighted by molar-refractivity contribution is 6.30. The molecule has 1 N–H and O–H groups in total. The summed E-state index contributed by atoms with van der Waals surface area (Å²) in [5.41, 5.74) is 0. The SMILES string of the molecule is O=C(CCn1cc(Cl)cn1)N1CCOCC(O)C1. The molecule has 2 heterocycles. The van der Waals surface area contributed by atoms with Crippen molar-refractivity contribution in [3.05, 3.63) is 17.4 Å². The van der Waals surface area contributed by atoms with E-state index < -0.39 is 6.10 Å². The number of carbonyl (C=O) groups excluding carboxylic acids is 1. The number of amides is 1. The predicted molar refractivity (Wildman–Crippen MR) is 65.3 cm³/mol. The summed E-state index contributed by atoms with van der Waals surface area (Å²) < 4.78 is 6.80. The molecule has 1 aromatic heterocycles. The van der Waals surface area contributed by atoms with Gasteiger partial charge in [-0.1, -0.05) is 11.6 Å². The van der Waals surface area contributed by atoms with Crippen LogP contribution in [-0.4, -0.2) is 58.1 Å². The van der Waals surface area contributed by atoms with Gasteiger partial charge >= 0.3 is 0 Å². The van der Waals surface area contributed by atoms with Crippen LogP contribution in [-0.2, 0) is 16.1 Å². The zero-order valence-corrected chi connectivity index (χ0v) is 10.7. The standard InChI is InChI=1S/C11H16ClN3O3/c12-9-5-13-15(6-9)2-1-11(17)14-3-4-18-8-10(16)7-14/h5-6,10,16H,1-4,7-8H2. The Kier molecular flexibility index (Phi) is 4.57. The maximum absolute atomic E-state index is 12.0. The van der Waals surface area contributed by atoms with Crippen LogP contribution in [0.25, 0.3) is 0 Å². The largest absolute Gasteiger partial charge is 0.389 e. The molecule has 1 saturated heterocycles. The van der Waals surface area contributed by atoms with Gasteiger partial charge in [0.1, 0.15) is 0 Å². The molecule has 1 aromatic rings. The van der Waals surface area contributed by atoms with Gasteiger partial charge in [-0.15, -0.1) is 0 Å². The van der Waals surface area contributed by atoms with Crippen LogP contribution in [0.3, 0.4) is 0 Å². The van der Waals surface area contributed by atoms with E-state index in [2.05, 4.69) is 5.10 Å². The van der Waals surface area contributed by atoms with Crippen molar-refractivity contribution in [3.8, 4) is 0 Å². The lowest BCUT2D eigenvalue weighted by Gasteiger charge is -2.21. The predicted octanol–water partition coefficient (Wildman–Crippen LogP) is 0.146. The molecule has 1 atom stereocenters. The number of ether oxygens (including phenoxy) is 1. The summed E-state index contributed by atoms with van der Waals surface area (Å²) >= 11 is 5.74.